The molecule has 38 heavy (non-hydrogen) atoms. The number of carbonyl (C=O) groups is 2. The monoisotopic (exact) mass is 524 g/mol. The highest BCUT2D eigenvalue weighted by Gasteiger charge is 2.87. The second kappa shape index (κ2) is 7.79. The molecule has 9 fully saturated rings. The number of carboxylic acid groups (broad SMARTS) is 1. The summed E-state index contributed by atoms with van der Waals surface area (Å²) >= 11 is 0. The van der Waals surface area contributed by atoms with E-state index in [-0.39, 0.29) is 21.7 Å². The summed E-state index contributed by atoms with van der Waals surface area (Å²) in [5.41, 5.74) is 1.89. The fourth-order valence-electron chi connectivity index (χ4n) is 14.1. The SMILES string of the molecule is C=CC(=O)O.CC(=O)C12CC(CCC1(C)C13CC(CCC1(C)C1(C)CCC4CC1C4(C)C)C3(C)C)C2(C)C. The molecule has 0 aromatic carbocycles. The van der Waals surface area contributed by atoms with Gasteiger partial charge in [-0.3, -0.25) is 4.79 Å². The van der Waals surface area contributed by atoms with Crippen LogP contribution in [0, 0.1) is 67.0 Å². The van der Waals surface area contributed by atoms with Crippen molar-refractivity contribution in [3.8, 4) is 0 Å². The van der Waals surface area contributed by atoms with Gasteiger partial charge in [0.1, 0.15) is 5.78 Å². The molecular weight excluding hydrogens is 468 g/mol. The molecule has 0 saturated heterocycles. The van der Waals surface area contributed by atoms with E-state index in [0.717, 1.165) is 36.2 Å². The smallest absolute Gasteiger partial charge is 0.327 e. The van der Waals surface area contributed by atoms with Crippen LogP contribution in [-0.2, 0) is 9.59 Å². The van der Waals surface area contributed by atoms with Crippen molar-refractivity contribution in [3.63, 3.8) is 0 Å². The third-order valence-corrected chi connectivity index (χ3v) is 16.4. The second-order valence-electron chi connectivity index (χ2n) is 17.2. The first-order valence-corrected chi connectivity index (χ1v) is 15.6. The minimum Gasteiger partial charge on any atom is -0.478 e. The topological polar surface area (TPSA) is 54.4 Å². The lowest BCUT2D eigenvalue weighted by Gasteiger charge is -2.88. The van der Waals surface area contributed by atoms with Gasteiger partial charge >= 0.3 is 5.97 Å². The molecule has 0 spiro atoms. The number of fused-ring (bicyclic) bond motifs is 7. The minimum atomic E-state index is -0.981. The Hall–Kier alpha value is -1.12. The number of hydrogen-bond donors (Lipinski definition) is 1. The molecule has 9 aliphatic carbocycles. The summed E-state index contributed by atoms with van der Waals surface area (Å²) in [5, 5.41) is 7.60. The van der Waals surface area contributed by atoms with Gasteiger partial charge in [0.2, 0.25) is 0 Å². The zero-order valence-electron chi connectivity index (χ0n) is 26.2. The summed E-state index contributed by atoms with van der Waals surface area (Å²) in [6.45, 7) is 28.5. The van der Waals surface area contributed by atoms with Gasteiger partial charge in [0.15, 0.2) is 0 Å². The van der Waals surface area contributed by atoms with Crippen molar-refractivity contribution in [1.82, 2.24) is 0 Å². The molecule has 214 valence electrons. The summed E-state index contributed by atoms with van der Waals surface area (Å²) < 4.78 is 0. The van der Waals surface area contributed by atoms with Gasteiger partial charge in [-0.15, -0.1) is 0 Å². The Morgan fingerprint density at radius 3 is 1.68 bits per heavy atom. The predicted octanol–water partition coefficient (Wildman–Crippen LogP) is 8.96. The standard InChI is InChI=1S/C32H52O.C3H4O2/c1-20(33)31-18-22(26(31,4)5)13-16-30(31,10)32-19-23(27(32,6)7)12-15-29(32,9)28(8)14-11-21-17-24(28)25(21,2)3;1-2-3(4)5/h21-24H,11-19H2,1-10H3;2H,1H2,(H,4,5). The van der Waals surface area contributed by atoms with Gasteiger partial charge in [-0.2, -0.15) is 0 Å². The molecule has 0 aromatic heterocycles. The maximum absolute atomic E-state index is 13.8. The molecule has 0 radical (unpaired) electrons. The van der Waals surface area contributed by atoms with Gasteiger partial charge in [-0.1, -0.05) is 68.9 Å². The second-order valence-corrected chi connectivity index (χ2v) is 17.2. The first kappa shape index (κ1) is 28.4. The highest BCUT2D eigenvalue weighted by molar-refractivity contribution is 5.86. The van der Waals surface area contributed by atoms with Crippen molar-refractivity contribution in [2.45, 2.75) is 127 Å². The molecule has 3 nitrogen and oxygen atoms in total. The van der Waals surface area contributed by atoms with E-state index in [1.807, 2.05) is 6.92 Å². The van der Waals surface area contributed by atoms with Crippen LogP contribution in [0.4, 0.5) is 0 Å². The molecule has 0 heterocycles. The molecule has 9 saturated carbocycles. The van der Waals surface area contributed by atoms with Crippen molar-refractivity contribution in [2.75, 3.05) is 0 Å². The first-order chi connectivity index (χ1) is 17.3. The van der Waals surface area contributed by atoms with Crippen LogP contribution in [0.25, 0.3) is 0 Å². The number of aliphatic carboxylic acids is 1. The van der Waals surface area contributed by atoms with Crippen molar-refractivity contribution in [3.05, 3.63) is 12.7 Å². The molecule has 0 aliphatic heterocycles. The van der Waals surface area contributed by atoms with E-state index in [0.29, 0.717) is 27.4 Å². The first-order valence-electron chi connectivity index (χ1n) is 15.6. The molecular formula is C35H56O3. The lowest BCUT2D eigenvalue weighted by molar-refractivity contribution is -0.401. The summed E-state index contributed by atoms with van der Waals surface area (Å²) in [6, 6.07) is 0. The average molecular weight is 525 g/mol. The molecule has 1 N–H and O–H groups in total. The molecule has 0 amide bonds. The number of carboxylic acids is 1. The Morgan fingerprint density at radius 2 is 1.26 bits per heavy atom. The van der Waals surface area contributed by atoms with E-state index in [4.69, 9.17) is 5.11 Å². The summed E-state index contributed by atoms with van der Waals surface area (Å²) in [4.78, 5) is 23.1. The summed E-state index contributed by atoms with van der Waals surface area (Å²) in [5.74, 6) is 2.93. The van der Waals surface area contributed by atoms with Gasteiger partial charge in [-0.25, -0.2) is 4.79 Å². The number of hydrogen-bond acceptors (Lipinski definition) is 2. The van der Waals surface area contributed by atoms with Crippen molar-refractivity contribution < 1.29 is 14.7 Å². The van der Waals surface area contributed by atoms with E-state index in [2.05, 4.69) is 68.9 Å². The van der Waals surface area contributed by atoms with E-state index < -0.39 is 5.97 Å². The van der Waals surface area contributed by atoms with Crippen molar-refractivity contribution in [2.24, 2.45) is 67.0 Å². The summed E-state index contributed by atoms with van der Waals surface area (Å²) in [6.07, 6.45) is 13.1. The molecule has 9 unspecified atom stereocenters. The van der Waals surface area contributed by atoms with Gasteiger partial charge < -0.3 is 5.11 Å². The van der Waals surface area contributed by atoms with Crippen LogP contribution >= 0.6 is 0 Å². The van der Waals surface area contributed by atoms with Crippen LogP contribution in [0.3, 0.4) is 0 Å². The number of carbonyl (C=O) groups excluding carboxylic acids is 1. The normalized spacial score (nSPS) is 52.1. The zero-order valence-corrected chi connectivity index (χ0v) is 26.2. The molecule has 9 rings (SSSR count). The van der Waals surface area contributed by atoms with E-state index in [9.17, 15) is 9.59 Å². The van der Waals surface area contributed by atoms with E-state index in [1.165, 1.54) is 51.4 Å². The molecule has 9 aliphatic rings. The lowest BCUT2D eigenvalue weighted by Crippen LogP contribution is -2.84. The van der Waals surface area contributed by atoms with Crippen LogP contribution in [0.2, 0.25) is 0 Å². The largest absolute Gasteiger partial charge is 0.478 e. The van der Waals surface area contributed by atoms with Gasteiger partial charge in [0, 0.05) is 11.5 Å². The highest BCUT2D eigenvalue weighted by atomic mass is 16.4. The maximum atomic E-state index is 13.8. The maximum Gasteiger partial charge on any atom is 0.327 e. The van der Waals surface area contributed by atoms with Crippen molar-refractivity contribution in [1.29, 1.82) is 0 Å². The third kappa shape index (κ3) is 2.65. The molecule has 3 heteroatoms. The van der Waals surface area contributed by atoms with Crippen LogP contribution in [0.1, 0.15) is 127 Å². The summed E-state index contributed by atoms with van der Waals surface area (Å²) in [7, 11) is 0. The quantitative estimate of drug-likeness (QED) is 0.373. The van der Waals surface area contributed by atoms with Crippen LogP contribution in [0.5, 0.6) is 0 Å². The molecule has 9 atom stereocenters. The number of rotatable bonds is 4. The number of ketones is 1. The van der Waals surface area contributed by atoms with Crippen LogP contribution in [-0.4, -0.2) is 16.9 Å². The van der Waals surface area contributed by atoms with E-state index in [1.54, 1.807) is 0 Å². The predicted molar refractivity (Wildman–Crippen MR) is 155 cm³/mol. The van der Waals surface area contributed by atoms with Crippen LogP contribution in [0.15, 0.2) is 12.7 Å². The highest BCUT2D eigenvalue weighted by Crippen LogP contribution is 2.92. The Balaban J connectivity index is 0.000000540. The fourth-order valence-corrected chi connectivity index (χ4v) is 14.1. The Kier molecular flexibility index (Phi) is 5.82. The van der Waals surface area contributed by atoms with Crippen LogP contribution < -0.4 is 0 Å². The van der Waals surface area contributed by atoms with Crippen molar-refractivity contribution >= 4 is 11.8 Å². The average Bonchev–Trinajstić information content (AvgIpc) is 2.83. The number of Topliss-reactive ketones (excluding diaryl/α,β-unsaturated/α-hetero) is 1. The van der Waals surface area contributed by atoms with Gasteiger partial charge in [0.05, 0.1) is 0 Å². The van der Waals surface area contributed by atoms with Gasteiger partial charge in [0.25, 0.3) is 0 Å². The Labute approximate surface area is 233 Å². The third-order valence-electron chi connectivity index (χ3n) is 16.4. The zero-order chi connectivity index (χ0) is 28.5. The lowest BCUT2D eigenvalue weighted by atomic mass is 9.15. The molecule has 6 bridgehead atoms. The van der Waals surface area contributed by atoms with E-state index >= 15 is 0 Å². The Bertz CT molecular complexity index is 1070. The minimum absolute atomic E-state index is 0.104. The Morgan fingerprint density at radius 1 is 0.763 bits per heavy atom. The fraction of sp³-hybridized carbons (Fsp3) is 0.886. The van der Waals surface area contributed by atoms with Gasteiger partial charge in [-0.05, 0) is 126 Å². The molecule has 0 aromatic rings.